The number of ketones is 1. The first kappa shape index (κ1) is 10.9. The molecule has 0 saturated carbocycles. The molecule has 0 aliphatic heterocycles. The van der Waals surface area contributed by atoms with Crippen molar-refractivity contribution in [2.45, 2.75) is 19.8 Å². The molecule has 1 atom stereocenters. The third-order valence-electron chi connectivity index (χ3n) is 2.96. The van der Waals surface area contributed by atoms with E-state index in [0.29, 0.717) is 5.92 Å². The molecule has 1 heteroatoms. The van der Waals surface area contributed by atoms with Crippen molar-refractivity contribution in [1.82, 2.24) is 0 Å². The van der Waals surface area contributed by atoms with E-state index in [4.69, 9.17) is 0 Å². The number of rotatable bonds is 3. The highest BCUT2D eigenvalue weighted by Gasteiger charge is 2.23. The van der Waals surface area contributed by atoms with Crippen LogP contribution in [0, 0.1) is 5.92 Å². The lowest BCUT2D eigenvalue weighted by atomic mass is 9.94. The van der Waals surface area contributed by atoms with Crippen molar-refractivity contribution in [1.29, 1.82) is 0 Å². The molecule has 0 amide bonds. The molecule has 0 radical (unpaired) electrons. The number of Topliss-reactive ketones (excluding diaryl/α,β-unsaturated/α-hetero) is 1. The summed E-state index contributed by atoms with van der Waals surface area (Å²) in [4.78, 5) is 12.2. The predicted octanol–water partition coefficient (Wildman–Crippen LogP) is 3.78. The first-order chi connectivity index (χ1) is 7.83. The van der Waals surface area contributed by atoms with Gasteiger partial charge in [0.25, 0.3) is 0 Å². The molecular formula is C15H16O. The standard InChI is InChI=1S/C15H16O/c1-2-7-12-10-6-11-14(12)15(16)13-8-4-3-5-9-13/h2-5,7-9,11-12H,6,10H2,1H3/b7-2+. The number of hydrogen-bond acceptors (Lipinski definition) is 1. The Labute approximate surface area is 96.5 Å². The van der Waals surface area contributed by atoms with Crippen LogP contribution in [0.1, 0.15) is 30.1 Å². The molecule has 16 heavy (non-hydrogen) atoms. The quantitative estimate of drug-likeness (QED) is 0.550. The van der Waals surface area contributed by atoms with Gasteiger partial charge in [0.15, 0.2) is 5.78 Å². The molecule has 0 N–H and O–H groups in total. The number of carbonyl (C=O) groups is 1. The predicted molar refractivity (Wildman–Crippen MR) is 66.4 cm³/mol. The van der Waals surface area contributed by atoms with E-state index in [2.05, 4.69) is 12.2 Å². The average molecular weight is 212 g/mol. The van der Waals surface area contributed by atoms with E-state index >= 15 is 0 Å². The van der Waals surface area contributed by atoms with Crippen LogP contribution in [0.5, 0.6) is 0 Å². The second-order valence-electron chi connectivity index (χ2n) is 4.06. The van der Waals surface area contributed by atoms with Gasteiger partial charge in [-0.25, -0.2) is 0 Å². The fourth-order valence-electron chi connectivity index (χ4n) is 2.17. The number of benzene rings is 1. The maximum absolute atomic E-state index is 12.2. The van der Waals surface area contributed by atoms with E-state index in [1.165, 1.54) is 0 Å². The maximum Gasteiger partial charge on any atom is 0.189 e. The van der Waals surface area contributed by atoms with Crippen LogP contribution in [0.4, 0.5) is 0 Å². The van der Waals surface area contributed by atoms with E-state index in [1.54, 1.807) is 0 Å². The molecule has 0 fully saturated rings. The summed E-state index contributed by atoms with van der Waals surface area (Å²) in [7, 11) is 0. The zero-order valence-corrected chi connectivity index (χ0v) is 9.52. The minimum atomic E-state index is 0.182. The largest absolute Gasteiger partial charge is 0.289 e. The van der Waals surface area contributed by atoms with Gasteiger partial charge in [-0.3, -0.25) is 4.79 Å². The van der Waals surface area contributed by atoms with Gasteiger partial charge >= 0.3 is 0 Å². The van der Waals surface area contributed by atoms with Gasteiger partial charge in [0.2, 0.25) is 0 Å². The lowest BCUT2D eigenvalue weighted by Gasteiger charge is -2.09. The molecule has 2 rings (SSSR count). The molecule has 0 bridgehead atoms. The fourth-order valence-corrected chi connectivity index (χ4v) is 2.17. The molecule has 0 aromatic heterocycles. The van der Waals surface area contributed by atoms with E-state index in [-0.39, 0.29) is 5.78 Å². The summed E-state index contributed by atoms with van der Waals surface area (Å²) in [6, 6.07) is 9.52. The van der Waals surface area contributed by atoms with Crippen molar-refractivity contribution >= 4 is 5.78 Å². The van der Waals surface area contributed by atoms with Crippen LogP contribution >= 0.6 is 0 Å². The number of hydrogen-bond donors (Lipinski definition) is 0. The SMILES string of the molecule is C/C=C/C1CCC=C1C(=O)c1ccccc1. The van der Waals surface area contributed by atoms with Crippen molar-refractivity contribution in [3.8, 4) is 0 Å². The highest BCUT2D eigenvalue weighted by Crippen LogP contribution is 2.29. The van der Waals surface area contributed by atoms with Gasteiger partial charge in [0.1, 0.15) is 0 Å². The highest BCUT2D eigenvalue weighted by atomic mass is 16.1. The van der Waals surface area contributed by atoms with Gasteiger partial charge in [-0.05, 0) is 19.8 Å². The van der Waals surface area contributed by atoms with Gasteiger partial charge in [-0.1, -0.05) is 48.6 Å². The molecule has 82 valence electrons. The second-order valence-corrected chi connectivity index (χ2v) is 4.06. The second kappa shape index (κ2) is 4.93. The highest BCUT2D eigenvalue weighted by molar-refractivity contribution is 6.09. The zero-order chi connectivity index (χ0) is 11.4. The molecule has 1 unspecified atom stereocenters. The molecule has 0 saturated heterocycles. The smallest absolute Gasteiger partial charge is 0.189 e. The topological polar surface area (TPSA) is 17.1 Å². The first-order valence-corrected chi connectivity index (χ1v) is 5.75. The molecule has 0 spiro atoms. The Morgan fingerprint density at radius 2 is 2.06 bits per heavy atom. The van der Waals surface area contributed by atoms with Gasteiger partial charge in [-0.2, -0.15) is 0 Å². The Kier molecular flexibility index (Phi) is 3.35. The summed E-state index contributed by atoms with van der Waals surface area (Å²) in [5.74, 6) is 0.499. The van der Waals surface area contributed by atoms with E-state index in [9.17, 15) is 4.79 Å². The molecular weight excluding hydrogens is 196 g/mol. The van der Waals surface area contributed by atoms with Crippen molar-refractivity contribution < 1.29 is 4.79 Å². The Hall–Kier alpha value is -1.63. The minimum absolute atomic E-state index is 0.182. The third kappa shape index (κ3) is 2.13. The lowest BCUT2D eigenvalue weighted by molar-refractivity contribution is 0.102. The Morgan fingerprint density at radius 3 is 2.75 bits per heavy atom. The Morgan fingerprint density at radius 1 is 1.31 bits per heavy atom. The third-order valence-corrected chi connectivity index (χ3v) is 2.96. The molecule has 1 aliphatic rings. The summed E-state index contributed by atoms with van der Waals surface area (Å²) >= 11 is 0. The zero-order valence-electron chi connectivity index (χ0n) is 9.52. The minimum Gasteiger partial charge on any atom is -0.289 e. The van der Waals surface area contributed by atoms with Crippen molar-refractivity contribution in [3.05, 3.63) is 59.7 Å². The average Bonchev–Trinajstić information content (AvgIpc) is 2.78. The van der Waals surface area contributed by atoms with Gasteiger partial charge in [0, 0.05) is 17.1 Å². The normalized spacial score (nSPS) is 20.1. The summed E-state index contributed by atoms with van der Waals surface area (Å²) in [6.07, 6.45) is 8.32. The maximum atomic E-state index is 12.2. The van der Waals surface area contributed by atoms with Crippen LogP contribution < -0.4 is 0 Å². The van der Waals surface area contributed by atoms with E-state index < -0.39 is 0 Å². The Bertz CT molecular complexity index is 426. The summed E-state index contributed by atoms with van der Waals surface area (Å²) in [6.45, 7) is 2.00. The Balaban J connectivity index is 2.23. The molecule has 0 heterocycles. The summed E-state index contributed by atoms with van der Waals surface area (Å²) in [5.41, 5.74) is 1.76. The number of allylic oxidation sites excluding steroid dienone is 4. The van der Waals surface area contributed by atoms with Crippen LogP contribution in [0.15, 0.2) is 54.1 Å². The molecule has 1 aromatic rings. The van der Waals surface area contributed by atoms with Crippen LogP contribution in [-0.2, 0) is 0 Å². The van der Waals surface area contributed by atoms with Gasteiger partial charge < -0.3 is 0 Å². The van der Waals surface area contributed by atoms with Gasteiger partial charge in [-0.15, -0.1) is 0 Å². The lowest BCUT2D eigenvalue weighted by Crippen LogP contribution is -2.08. The van der Waals surface area contributed by atoms with Gasteiger partial charge in [0.05, 0.1) is 0 Å². The van der Waals surface area contributed by atoms with Crippen LogP contribution in [-0.4, -0.2) is 5.78 Å². The number of carbonyl (C=O) groups excluding carboxylic acids is 1. The van der Waals surface area contributed by atoms with Crippen LogP contribution in [0.25, 0.3) is 0 Å². The summed E-state index contributed by atoms with van der Waals surface area (Å²) in [5, 5.41) is 0. The van der Waals surface area contributed by atoms with E-state index in [0.717, 1.165) is 24.0 Å². The van der Waals surface area contributed by atoms with Crippen molar-refractivity contribution in [2.24, 2.45) is 5.92 Å². The molecule has 1 aromatic carbocycles. The van der Waals surface area contributed by atoms with Crippen LogP contribution in [0.2, 0.25) is 0 Å². The van der Waals surface area contributed by atoms with Crippen molar-refractivity contribution in [2.75, 3.05) is 0 Å². The van der Waals surface area contributed by atoms with Crippen molar-refractivity contribution in [3.63, 3.8) is 0 Å². The molecule has 1 aliphatic carbocycles. The molecule has 1 nitrogen and oxygen atoms in total. The fraction of sp³-hybridized carbons (Fsp3) is 0.267. The first-order valence-electron chi connectivity index (χ1n) is 5.75. The monoisotopic (exact) mass is 212 g/mol. The van der Waals surface area contributed by atoms with Crippen LogP contribution in [0.3, 0.4) is 0 Å². The summed E-state index contributed by atoms with van der Waals surface area (Å²) < 4.78 is 0. The van der Waals surface area contributed by atoms with E-state index in [1.807, 2.05) is 43.3 Å².